The fourth-order valence-electron chi connectivity index (χ4n) is 3.92. The van der Waals surface area contributed by atoms with Gasteiger partial charge >= 0.3 is 5.69 Å². The maximum absolute atomic E-state index is 12.0. The van der Waals surface area contributed by atoms with Crippen LogP contribution >= 0.6 is 0 Å². The number of hydrogen-bond donors (Lipinski definition) is 1. The molecule has 0 amide bonds. The van der Waals surface area contributed by atoms with Gasteiger partial charge in [0.15, 0.2) is 11.9 Å². The summed E-state index contributed by atoms with van der Waals surface area (Å²) in [6.07, 6.45) is 1.29. The van der Waals surface area contributed by atoms with Gasteiger partial charge in [-0.2, -0.15) is 5.10 Å². The smallest absolute Gasteiger partial charge is 0.347 e. The van der Waals surface area contributed by atoms with Gasteiger partial charge in [-0.05, 0) is 24.6 Å². The molecule has 0 radical (unpaired) electrons. The predicted octanol–water partition coefficient (Wildman–Crippen LogP) is 5.61. The second kappa shape index (κ2) is 10.4. The molecule has 3 aromatic heterocycles. The first kappa shape index (κ1) is 23.4. The Bertz CT molecular complexity index is 1440. The first-order chi connectivity index (χ1) is 16.7. The van der Waals surface area contributed by atoms with Crippen molar-refractivity contribution in [3.05, 3.63) is 89.0 Å². The second-order valence-electron chi connectivity index (χ2n) is 7.37. The van der Waals surface area contributed by atoms with Gasteiger partial charge in [-0.1, -0.05) is 68.4 Å². The molecule has 0 aliphatic rings. The van der Waals surface area contributed by atoms with Gasteiger partial charge in [0.05, 0.1) is 11.2 Å². The van der Waals surface area contributed by atoms with Gasteiger partial charge in [0.1, 0.15) is 0 Å². The van der Waals surface area contributed by atoms with Crippen LogP contribution in [0, 0.1) is 0 Å². The number of methoxy groups -OCH3 is 1. The van der Waals surface area contributed by atoms with E-state index in [9.17, 15) is 4.79 Å². The van der Waals surface area contributed by atoms with Crippen LogP contribution in [-0.4, -0.2) is 33.3 Å². The van der Waals surface area contributed by atoms with E-state index in [4.69, 9.17) is 14.5 Å². The molecule has 3 heterocycles. The van der Waals surface area contributed by atoms with E-state index in [0.29, 0.717) is 12.3 Å². The highest BCUT2D eigenvalue weighted by atomic mass is 16.7. The molecule has 0 aliphatic carbocycles. The third-order valence-corrected chi connectivity index (χ3v) is 5.45. The number of pyridine rings is 2. The lowest BCUT2D eigenvalue weighted by atomic mass is 9.97. The van der Waals surface area contributed by atoms with Crippen molar-refractivity contribution in [3.8, 4) is 22.4 Å². The van der Waals surface area contributed by atoms with Crippen molar-refractivity contribution in [2.45, 2.75) is 27.1 Å². The van der Waals surface area contributed by atoms with Crippen molar-refractivity contribution in [3.63, 3.8) is 0 Å². The fourth-order valence-corrected chi connectivity index (χ4v) is 3.92. The average molecular weight is 457 g/mol. The normalized spacial score (nSPS) is 11.9. The molecule has 0 saturated carbocycles. The van der Waals surface area contributed by atoms with Crippen LogP contribution in [0.1, 0.15) is 32.6 Å². The molecular formula is C27H28N4O3. The summed E-state index contributed by atoms with van der Waals surface area (Å²) in [6, 6.07) is 22.0. The van der Waals surface area contributed by atoms with Gasteiger partial charge in [0, 0.05) is 42.0 Å². The van der Waals surface area contributed by atoms with E-state index in [0.717, 1.165) is 38.9 Å². The summed E-state index contributed by atoms with van der Waals surface area (Å²) in [5.41, 5.74) is 5.80. The summed E-state index contributed by atoms with van der Waals surface area (Å²) in [5, 5.41) is 7.52. The summed E-state index contributed by atoms with van der Waals surface area (Å²) >= 11 is 0. The van der Waals surface area contributed by atoms with Crippen LogP contribution in [-0.2, 0) is 9.47 Å². The summed E-state index contributed by atoms with van der Waals surface area (Å²) in [5.74, 6) is 0. The number of nitrogens with zero attached hydrogens (tertiary/aromatic N) is 3. The number of nitrogens with one attached hydrogen (secondary N) is 1. The third kappa shape index (κ3) is 4.35. The SMILES string of the molecule is CC.CCOC(OC)c1ccc(-c2nc3ccn4c(=O)[nH]nc4c3cc2-c2ccccc2)cc1. The van der Waals surface area contributed by atoms with Gasteiger partial charge in [-0.3, -0.25) is 0 Å². The molecule has 1 unspecified atom stereocenters. The van der Waals surface area contributed by atoms with E-state index in [2.05, 4.69) is 16.3 Å². The predicted molar refractivity (Wildman–Crippen MR) is 135 cm³/mol. The lowest BCUT2D eigenvalue weighted by molar-refractivity contribution is -0.124. The van der Waals surface area contributed by atoms with Crippen molar-refractivity contribution in [1.29, 1.82) is 0 Å². The van der Waals surface area contributed by atoms with Crippen molar-refractivity contribution >= 4 is 16.6 Å². The highest BCUT2D eigenvalue weighted by molar-refractivity contribution is 5.98. The molecule has 0 fully saturated rings. The van der Waals surface area contributed by atoms with Crippen molar-refractivity contribution in [2.75, 3.05) is 13.7 Å². The Hall–Kier alpha value is -3.81. The number of aromatic nitrogens is 4. The van der Waals surface area contributed by atoms with Crippen LogP contribution in [0.5, 0.6) is 0 Å². The summed E-state index contributed by atoms with van der Waals surface area (Å²) < 4.78 is 12.6. The first-order valence-corrected chi connectivity index (χ1v) is 11.4. The molecule has 0 spiro atoms. The zero-order valence-electron chi connectivity index (χ0n) is 19.8. The quantitative estimate of drug-likeness (QED) is 0.336. The van der Waals surface area contributed by atoms with E-state index < -0.39 is 6.29 Å². The van der Waals surface area contributed by atoms with Gasteiger partial charge in [0.25, 0.3) is 0 Å². The molecule has 5 rings (SSSR count). The van der Waals surface area contributed by atoms with Crippen LogP contribution in [0.4, 0.5) is 0 Å². The Morgan fingerprint density at radius 3 is 2.41 bits per heavy atom. The van der Waals surface area contributed by atoms with E-state index in [1.807, 2.05) is 81.4 Å². The number of ether oxygens (including phenoxy) is 2. The van der Waals surface area contributed by atoms with Crippen LogP contribution in [0.15, 0.2) is 77.7 Å². The first-order valence-electron chi connectivity index (χ1n) is 11.4. The minimum Gasteiger partial charge on any atom is -0.352 e. The minimum absolute atomic E-state index is 0.273. The van der Waals surface area contributed by atoms with Gasteiger partial charge in [0.2, 0.25) is 0 Å². The highest BCUT2D eigenvalue weighted by Crippen LogP contribution is 2.34. The van der Waals surface area contributed by atoms with Crippen molar-refractivity contribution < 1.29 is 9.47 Å². The molecule has 0 saturated heterocycles. The van der Waals surface area contributed by atoms with Crippen LogP contribution in [0.25, 0.3) is 38.9 Å². The fraction of sp³-hybridized carbons (Fsp3) is 0.222. The molecule has 0 aliphatic heterocycles. The lowest BCUT2D eigenvalue weighted by Crippen LogP contribution is -2.08. The molecule has 5 aromatic rings. The zero-order chi connectivity index (χ0) is 24.1. The van der Waals surface area contributed by atoms with Crippen LogP contribution in [0.2, 0.25) is 0 Å². The van der Waals surface area contributed by atoms with E-state index in [1.54, 1.807) is 13.3 Å². The van der Waals surface area contributed by atoms with E-state index in [1.165, 1.54) is 4.40 Å². The Balaban J connectivity index is 0.00000133. The van der Waals surface area contributed by atoms with E-state index >= 15 is 0 Å². The number of H-pyrrole nitrogens is 1. The zero-order valence-corrected chi connectivity index (χ0v) is 19.8. The summed E-state index contributed by atoms with van der Waals surface area (Å²) in [4.78, 5) is 17.0. The highest BCUT2D eigenvalue weighted by Gasteiger charge is 2.16. The van der Waals surface area contributed by atoms with Crippen molar-refractivity contribution in [1.82, 2.24) is 19.6 Å². The topological polar surface area (TPSA) is 81.5 Å². The van der Waals surface area contributed by atoms with Gasteiger partial charge < -0.3 is 9.47 Å². The number of hydrogen-bond acceptors (Lipinski definition) is 5. The van der Waals surface area contributed by atoms with Crippen LogP contribution < -0.4 is 5.69 Å². The lowest BCUT2D eigenvalue weighted by Gasteiger charge is -2.16. The Morgan fingerprint density at radius 2 is 1.74 bits per heavy atom. The van der Waals surface area contributed by atoms with Crippen LogP contribution in [0.3, 0.4) is 0 Å². The minimum atomic E-state index is -0.404. The third-order valence-electron chi connectivity index (χ3n) is 5.45. The summed E-state index contributed by atoms with van der Waals surface area (Å²) in [6.45, 7) is 6.51. The summed E-state index contributed by atoms with van der Waals surface area (Å²) in [7, 11) is 1.63. The largest absolute Gasteiger partial charge is 0.352 e. The average Bonchev–Trinajstić information content (AvgIpc) is 3.29. The number of fused-ring (bicyclic) bond motifs is 3. The molecule has 0 bridgehead atoms. The maximum Gasteiger partial charge on any atom is 0.347 e. The number of rotatable bonds is 6. The Kier molecular flexibility index (Phi) is 7.15. The molecule has 1 N–H and O–H groups in total. The molecule has 174 valence electrons. The number of benzene rings is 2. The second-order valence-corrected chi connectivity index (χ2v) is 7.37. The molecule has 7 heteroatoms. The van der Waals surface area contributed by atoms with Gasteiger partial charge in [-0.25, -0.2) is 19.3 Å². The molecule has 2 aromatic carbocycles. The van der Waals surface area contributed by atoms with Gasteiger partial charge in [-0.15, -0.1) is 0 Å². The Labute approximate surface area is 198 Å². The molecule has 7 nitrogen and oxygen atoms in total. The molecule has 34 heavy (non-hydrogen) atoms. The van der Waals surface area contributed by atoms with E-state index in [-0.39, 0.29) is 5.69 Å². The number of aromatic amines is 1. The monoisotopic (exact) mass is 456 g/mol. The maximum atomic E-state index is 12.0. The van der Waals surface area contributed by atoms with Crippen molar-refractivity contribution in [2.24, 2.45) is 0 Å². The molecular weight excluding hydrogens is 428 g/mol. The standard InChI is InChI=1S/C25H22N4O3.C2H6/c1-3-32-24(31-2)18-11-9-17(10-12-18)22-19(16-7-5-4-6-8-16)15-20-21(26-22)13-14-29-23(20)27-28-25(29)30;1-2/h4-15,24H,3H2,1-2H3,(H,28,30);1-2H3. The molecule has 1 atom stereocenters. The Morgan fingerprint density at radius 1 is 1.00 bits per heavy atom.